The van der Waals surface area contributed by atoms with Crippen LogP contribution in [0.25, 0.3) is 16.7 Å². The van der Waals surface area contributed by atoms with Crippen LogP contribution in [0.3, 0.4) is 0 Å². The Hall–Kier alpha value is -4.12. The lowest BCUT2D eigenvalue weighted by atomic mass is 10.2. The first-order valence-electron chi connectivity index (χ1n) is 10.3. The number of aryl methyl sites for hydroxylation is 1. The molecular weight excluding hydrogens is 409 g/mol. The number of carbonyl (C=O) groups is 1. The molecule has 0 saturated heterocycles. The van der Waals surface area contributed by atoms with Crippen LogP contribution in [0.5, 0.6) is 0 Å². The highest BCUT2D eigenvalue weighted by atomic mass is 19.1. The van der Waals surface area contributed by atoms with Gasteiger partial charge in [0.05, 0.1) is 10.9 Å². The molecule has 7 nitrogen and oxygen atoms in total. The summed E-state index contributed by atoms with van der Waals surface area (Å²) >= 11 is 0. The average Bonchev–Trinajstić information content (AvgIpc) is 2.80. The molecule has 0 N–H and O–H groups in total. The number of unbranched alkanes of at least 4 members (excludes halogenated alkanes) is 2. The molecule has 0 spiro atoms. The van der Waals surface area contributed by atoms with Crippen LogP contribution in [0.2, 0.25) is 0 Å². The SMILES string of the molecule is CCCCCn1c(=NC(=O)c2cccc(F)c2)c(C#N)cc2c(=O)n3ccccc3nc21. The van der Waals surface area contributed by atoms with Gasteiger partial charge in [-0.05, 0) is 42.8 Å². The first kappa shape index (κ1) is 21.1. The second kappa shape index (κ2) is 8.94. The molecular formula is C24H20FN5O2. The second-order valence-electron chi connectivity index (χ2n) is 7.36. The van der Waals surface area contributed by atoms with E-state index >= 15 is 0 Å². The van der Waals surface area contributed by atoms with E-state index in [1.807, 2.05) is 6.07 Å². The Morgan fingerprint density at radius 1 is 1.19 bits per heavy atom. The van der Waals surface area contributed by atoms with Gasteiger partial charge in [0, 0.05) is 18.3 Å². The molecule has 4 rings (SSSR count). The van der Waals surface area contributed by atoms with Crippen molar-refractivity contribution in [2.24, 2.45) is 4.99 Å². The van der Waals surface area contributed by atoms with E-state index in [1.54, 1.807) is 29.0 Å². The lowest BCUT2D eigenvalue weighted by Crippen LogP contribution is -2.29. The van der Waals surface area contributed by atoms with Gasteiger partial charge in [0.15, 0.2) is 5.49 Å². The number of hydrogen-bond acceptors (Lipinski definition) is 4. The Bertz CT molecular complexity index is 1510. The lowest BCUT2D eigenvalue weighted by Gasteiger charge is -2.13. The molecule has 0 aliphatic rings. The Labute approximate surface area is 182 Å². The number of hydrogen-bond donors (Lipinski definition) is 0. The summed E-state index contributed by atoms with van der Waals surface area (Å²) in [5, 5.41) is 10.0. The highest BCUT2D eigenvalue weighted by Gasteiger charge is 2.15. The fourth-order valence-electron chi connectivity index (χ4n) is 3.59. The molecule has 0 radical (unpaired) electrons. The van der Waals surface area contributed by atoms with Crippen molar-refractivity contribution in [2.45, 2.75) is 32.7 Å². The Morgan fingerprint density at radius 2 is 2.03 bits per heavy atom. The minimum atomic E-state index is -0.679. The van der Waals surface area contributed by atoms with Crippen molar-refractivity contribution in [1.29, 1.82) is 5.26 Å². The third-order valence-electron chi connectivity index (χ3n) is 5.17. The van der Waals surface area contributed by atoms with Crippen molar-refractivity contribution in [2.75, 3.05) is 0 Å². The van der Waals surface area contributed by atoms with Gasteiger partial charge in [0.1, 0.15) is 23.2 Å². The van der Waals surface area contributed by atoms with Gasteiger partial charge in [0.2, 0.25) is 0 Å². The second-order valence-corrected chi connectivity index (χ2v) is 7.36. The lowest BCUT2D eigenvalue weighted by molar-refractivity contribution is 0.0996. The standard InChI is InChI=1S/C24H20FN5O2/c1-2-3-5-12-30-21(28-23(31)16-8-7-9-18(25)13-16)17(15-26)14-19-22(30)27-20-10-4-6-11-29(20)24(19)32/h4,6-11,13-14H,2-3,5,12H2,1H3. The maximum atomic E-state index is 13.6. The molecule has 160 valence electrons. The van der Waals surface area contributed by atoms with Gasteiger partial charge in [-0.1, -0.05) is 31.9 Å². The summed E-state index contributed by atoms with van der Waals surface area (Å²) in [5.74, 6) is -1.23. The van der Waals surface area contributed by atoms with Gasteiger partial charge in [-0.25, -0.2) is 9.37 Å². The molecule has 1 aromatic carbocycles. The number of pyridine rings is 2. The largest absolute Gasteiger partial charge is 0.309 e. The molecule has 32 heavy (non-hydrogen) atoms. The summed E-state index contributed by atoms with van der Waals surface area (Å²) in [5.41, 5.74) is 0.740. The van der Waals surface area contributed by atoms with Crippen LogP contribution in [0.15, 0.2) is 64.5 Å². The topological polar surface area (TPSA) is 92.5 Å². The van der Waals surface area contributed by atoms with Crippen LogP contribution in [0.1, 0.15) is 42.1 Å². The van der Waals surface area contributed by atoms with Crippen LogP contribution in [-0.2, 0) is 6.54 Å². The molecule has 1 amide bonds. The summed E-state index contributed by atoms with van der Waals surface area (Å²) in [6.45, 7) is 2.48. The minimum Gasteiger partial charge on any atom is -0.309 e. The Morgan fingerprint density at radius 3 is 2.78 bits per heavy atom. The highest BCUT2D eigenvalue weighted by molar-refractivity contribution is 5.95. The molecule has 0 fully saturated rings. The molecule has 8 heteroatoms. The summed E-state index contributed by atoms with van der Waals surface area (Å²) in [4.78, 5) is 34.7. The minimum absolute atomic E-state index is 0.0700. The van der Waals surface area contributed by atoms with Gasteiger partial charge in [-0.15, -0.1) is 0 Å². The summed E-state index contributed by atoms with van der Waals surface area (Å²) in [6, 6.07) is 13.9. The monoisotopic (exact) mass is 429 g/mol. The normalized spacial score (nSPS) is 11.7. The summed E-state index contributed by atoms with van der Waals surface area (Å²) in [7, 11) is 0. The van der Waals surface area contributed by atoms with Crippen LogP contribution < -0.4 is 11.0 Å². The van der Waals surface area contributed by atoms with E-state index < -0.39 is 11.7 Å². The van der Waals surface area contributed by atoms with Gasteiger partial charge in [-0.2, -0.15) is 10.3 Å². The number of rotatable bonds is 5. The van der Waals surface area contributed by atoms with E-state index in [1.165, 1.54) is 28.7 Å². The zero-order valence-electron chi connectivity index (χ0n) is 17.5. The molecule has 0 aliphatic heterocycles. The van der Waals surface area contributed by atoms with Crippen LogP contribution in [-0.4, -0.2) is 19.9 Å². The van der Waals surface area contributed by atoms with Crippen LogP contribution in [0.4, 0.5) is 4.39 Å². The quantitative estimate of drug-likeness (QED) is 0.358. The maximum Gasteiger partial charge on any atom is 0.279 e. The number of amides is 1. The fourth-order valence-corrected chi connectivity index (χ4v) is 3.59. The molecule has 3 heterocycles. The molecule has 0 atom stereocenters. The van der Waals surface area contributed by atoms with E-state index in [0.29, 0.717) is 17.8 Å². The fraction of sp³-hybridized carbons (Fsp3) is 0.208. The highest BCUT2D eigenvalue weighted by Crippen LogP contribution is 2.12. The van der Waals surface area contributed by atoms with Crippen molar-refractivity contribution < 1.29 is 9.18 Å². The molecule has 4 aromatic rings. The smallest absolute Gasteiger partial charge is 0.279 e. The number of nitriles is 1. The third kappa shape index (κ3) is 3.93. The number of carbonyl (C=O) groups excluding carboxylic acids is 1. The number of nitrogens with zero attached hydrogens (tertiary/aromatic N) is 5. The van der Waals surface area contributed by atoms with Gasteiger partial charge in [0.25, 0.3) is 11.5 Å². The Kier molecular flexibility index (Phi) is 5.90. The van der Waals surface area contributed by atoms with Crippen molar-refractivity contribution in [3.63, 3.8) is 0 Å². The number of halogens is 1. The van der Waals surface area contributed by atoms with Crippen LogP contribution in [0, 0.1) is 17.1 Å². The van der Waals surface area contributed by atoms with E-state index in [-0.39, 0.29) is 27.6 Å². The molecule has 0 aliphatic carbocycles. The Balaban J connectivity index is 2.05. The molecule has 0 bridgehead atoms. The van der Waals surface area contributed by atoms with E-state index in [4.69, 9.17) is 0 Å². The van der Waals surface area contributed by atoms with Gasteiger partial charge in [-0.3, -0.25) is 14.0 Å². The van der Waals surface area contributed by atoms with Gasteiger partial charge >= 0.3 is 0 Å². The maximum absolute atomic E-state index is 13.6. The zero-order valence-corrected chi connectivity index (χ0v) is 17.5. The van der Waals surface area contributed by atoms with Crippen molar-refractivity contribution in [1.82, 2.24) is 14.0 Å². The van der Waals surface area contributed by atoms with Crippen molar-refractivity contribution in [3.05, 3.63) is 87.5 Å². The first-order chi connectivity index (χ1) is 15.5. The molecule has 0 saturated carbocycles. The van der Waals surface area contributed by atoms with Crippen LogP contribution >= 0.6 is 0 Å². The van der Waals surface area contributed by atoms with Crippen molar-refractivity contribution in [3.8, 4) is 6.07 Å². The summed E-state index contributed by atoms with van der Waals surface area (Å²) in [6.07, 6.45) is 4.24. The predicted molar refractivity (Wildman–Crippen MR) is 117 cm³/mol. The molecule has 3 aromatic heterocycles. The predicted octanol–water partition coefficient (Wildman–Crippen LogP) is 3.59. The van der Waals surface area contributed by atoms with E-state index in [2.05, 4.69) is 16.9 Å². The van der Waals surface area contributed by atoms with E-state index in [9.17, 15) is 19.2 Å². The number of benzene rings is 1. The van der Waals surface area contributed by atoms with Gasteiger partial charge < -0.3 is 4.57 Å². The number of aromatic nitrogens is 3. The average molecular weight is 429 g/mol. The number of fused-ring (bicyclic) bond motifs is 2. The zero-order chi connectivity index (χ0) is 22.7. The summed E-state index contributed by atoms with van der Waals surface area (Å²) < 4.78 is 16.7. The molecule has 0 unspecified atom stereocenters. The third-order valence-corrected chi connectivity index (χ3v) is 5.17. The van der Waals surface area contributed by atoms with E-state index in [0.717, 1.165) is 25.3 Å². The first-order valence-corrected chi connectivity index (χ1v) is 10.3. The van der Waals surface area contributed by atoms with Crippen molar-refractivity contribution >= 4 is 22.6 Å².